The van der Waals surface area contributed by atoms with Crippen LogP contribution in [0.25, 0.3) is 11.4 Å². The molecule has 1 aromatic heterocycles. The summed E-state index contributed by atoms with van der Waals surface area (Å²) in [4.78, 5) is 31.3. The van der Waals surface area contributed by atoms with E-state index in [9.17, 15) is 18.0 Å². The van der Waals surface area contributed by atoms with E-state index in [0.29, 0.717) is 34.1 Å². The largest absolute Gasteiger partial charge is 0.483 e. The number of anilines is 1. The Morgan fingerprint density at radius 3 is 2.49 bits per heavy atom. The fourth-order valence-corrected chi connectivity index (χ4v) is 4.71. The summed E-state index contributed by atoms with van der Waals surface area (Å²) in [7, 11) is -3.71. The zero-order valence-corrected chi connectivity index (χ0v) is 21.1. The van der Waals surface area contributed by atoms with Gasteiger partial charge in [-0.25, -0.2) is 18.1 Å². The maximum atomic E-state index is 12.7. The topological polar surface area (TPSA) is 130 Å². The molecule has 3 aromatic carbocycles. The van der Waals surface area contributed by atoms with E-state index < -0.39 is 15.9 Å². The lowest BCUT2D eigenvalue weighted by Gasteiger charge is -2.12. The van der Waals surface area contributed by atoms with E-state index in [0.717, 1.165) is 5.56 Å². The third-order valence-electron chi connectivity index (χ3n) is 5.41. The molecule has 0 saturated heterocycles. The van der Waals surface area contributed by atoms with Gasteiger partial charge in [0.05, 0.1) is 4.90 Å². The number of nitrogens with zero attached hydrogens (tertiary/aromatic N) is 1. The molecule has 0 saturated carbocycles. The van der Waals surface area contributed by atoms with Gasteiger partial charge in [-0.15, -0.1) is 0 Å². The highest BCUT2D eigenvalue weighted by Gasteiger charge is 2.16. The third kappa shape index (κ3) is 6.90. The summed E-state index contributed by atoms with van der Waals surface area (Å²) < 4.78 is 33.5. The zero-order valence-electron chi connectivity index (χ0n) is 20.3. The smallest absolute Gasteiger partial charge is 0.262 e. The summed E-state index contributed by atoms with van der Waals surface area (Å²) in [5.41, 5.74) is 2.91. The fourth-order valence-electron chi connectivity index (χ4n) is 3.61. The fraction of sp³-hybridized carbons (Fsp3) is 0.148. The quantitative estimate of drug-likeness (QED) is 0.311. The van der Waals surface area contributed by atoms with E-state index in [1.165, 1.54) is 24.3 Å². The number of aromatic nitrogens is 2. The molecule has 0 aliphatic heterocycles. The summed E-state index contributed by atoms with van der Waals surface area (Å²) in [6, 6.07) is 22.0. The van der Waals surface area contributed by atoms with Crippen LogP contribution in [0.1, 0.15) is 16.8 Å². The Balaban J connectivity index is 1.36. The minimum absolute atomic E-state index is 0.109. The molecular weight excluding hydrogens is 492 g/mol. The van der Waals surface area contributed by atoms with Crippen LogP contribution >= 0.6 is 0 Å². The van der Waals surface area contributed by atoms with E-state index in [2.05, 4.69) is 20.0 Å². The number of hydrogen-bond acceptors (Lipinski definition) is 6. The number of aryl methyl sites for hydroxylation is 2. The van der Waals surface area contributed by atoms with Gasteiger partial charge in [0, 0.05) is 29.6 Å². The molecule has 0 radical (unpaired) electrons. The molecule has 4 rings (SSSR count). The molecule has 3 N–H and O–H groups in total. The first-order valence-electron chi connectivity index (χ1n) is 11.4. The lowest BCUT2D eigenvalue weighted by atomic mass is 10.2. The Labute approximate surface area is 214 Å². The predicted molar refractivity (Wildman–Crippen MR) is 141 cm³/mol. The van der Waals surface area contributed by atoms with Crippen molar-refractivity contribution in [1.82, 2.24) is 14.7 Å². The van der Waals surface area contributed by atoms with Gasteiger partial charge in [-0.1, -0.05) is 42.5 Å². The Morgan fingerprint density at radius 2 is 1.76 bits per heavy atom. The Kier molecular flexibility index (Phi) is 7.80. The number of carbonyl (C=O) groups is 1. The highest BCUT2D eigenvalue weighted by molar-refractivity contribution is 7.89. The van der Waals surface area contributed by atoms with E-state index in [1.54, 1.807) is 38.1 Å². The van der Waals surface area contributed by atoms with Gasteiger partial charge in [0.2, 0.25) is 10.0 Å². The van der Waals surface area contributed by atoms with Gasteiger partial charge in [-0.3, -0.25) is 9.59 Å². The number of benzene rings is 3. The van der Waals surface area contributed by atoms with Crippen LogP contribution in [0, 0.1) is 13.8 Å². The number of amides is 1. The summed E-state index contributed by atoms with van der Waals surface area (Å²) in [6.07, 6.45) is 0. The highest BCUT2D eigenvalue weighted by atomic mass is 32.2. The number of aromatic amines is 1. The van der Waals surface area contributed by atoms with Gasteiger partial charge < -0.3 is 15.0 Å². The third-order valence-corrected chi connectivity index (χ3v) is 6.81. The van der Waals surface area contributed by atoms with Gasteiger partial charge in [0.25, 0.3) is 11.5 Å². The van der Waals surface area contributed by atoms with Gasteiger partial charge in [-0.05, 0) is 55.3 Å². The van der Waals surface area contributed by atoms with Crippen molar-refractivity contribution in [3.63, 3.8) is 0 Å². The minimum Gasteiger partial charge on any atom is -0.483 e. The van der Waals surface area contributed by atoms with Crippen LogP contribution < -0.4 is 20.3 Å². The van der Waals surface area contributed by atoms with E-state index in [1.807, 2.05) is 30.3 Å². The van der Waals surface area contributed by atoms with E-state index >= 15 is 0 Å². The van der Waals surface area contributed by atoms with Crippen molar-refractivity contribution in [2.75, 3.05) is 11.9 Å². The molecule has 0 spiro atoms. The summed E-state index contributed by atoms with van der Waals surface area (Å²) >= 11 is 0. The average Bonchev–Trinajstić information content (AvgIpc) is 2.87. The molecule has 37 heavy (non-hydrogen) atoms. The molecule has 1 amide bonds. The van der Waals surface area contributed by atoms with Crippen molar-refractivity contribution in [3.8, 4) is 17.1 Å². The maximum Gasteiger partial charge on any atom is 0.262 e. The first-order chi connectivity index (χ1) is 17.7. The van der Waals surface area contributed by atoms with Crippen LogP contribution in [0.3, 0.4) is 0 Å². The van der Waals surface area contributed by atoms with Crippen molar-refractivity contribution >= 4 is 21.6 Å². The summed E-state index contributed by atoms with van der Waals surface area (Å²) in [5, 5.41) is 2.75. The molecule has 0 bridgehead atoms. The van der Waals surface area contributed by atoms with Crippen molar-refractivity contribution in [3.05, 3.63) is 106 Å². The van der Waals surface area contributed by atoms with Gasteiger partial charge in [-0.2, -0.15) is 0 Å². The number of H-pyrrole nitrogens is 1. The Bertz CT molecular complexity index is 1580. The SMILES string of the molecule is Cc1cc(=O)[nH]c(-c2cccc(NC(=O)COc3ccc(S(=O)(=O)NCc4ccccc4)cc3C)c2)n1. The van der Waals surface area contributed by atoms with Crippen LogP contribution in [-0.2, 0) is 21.4 Å². The summed E-state index contributed by atoms with van der Waals surface area (Å²) in [6.45, 7) is 3.34. The second-order valence-corrected chi connectivity index (χ2v) is 10.2. The zero-order chi connectivity index (χ0) is 26.4. The van der Waals surface area contributed by atoms with Crippen LogP contribution in [0.5, 0.6) is 5.75 Å². The Hall–Kier alpha value is -4.28. The number of sulfonamides is 1. The lowest BCUT2D eigenvalue weighted by molar-refractivity contribution is -0.118. The molecule has 1 heterocycles. The van der Waals surface area contributed by atoms with Gasteiger partial charge >= 0.3 is 0 Å². The van der Waals surface area contributed by atoms with Crippen LogP contribution in [-0.4, -0.2) is 30.9 Å². The average molecular weight is 519 g/mol. The predicted octanol–water partition coefficient (Wildman–Crippen LogP) is 3.55. The number of hydrogen-bond donors (Lipinski definition) is 3. The molecule has 4 aromatic rings. The normalized spacial score (nSPS) is 11.2. The number of nitrogens with one attached hydrogen (secondary N) is 3. The standard InChI is InChI=1S/C27H26N4O5S/c1-18-13-23(37(34,35)28-16-20-7-4-3-5-8-20)11-12-24(18)36-17-26(33)30-22-10-6-9-21(15-22)27-29-19(2)14-25(32)31-27/h3-15,28H,16-17H2,1-2H3,(H,30,33)(H,29,31,32). The first-order valence-corrected chi connectivity index (χ1v) is 12.9. The second kappa shape index (κ2) is 11.2. The minimum atomic E-state index is -3.71. The Morgan fingerprint density at radius 1 is 0.973 bits per heavy atom. The number of ether oxygens (including phenoxy) is 1. The van der Waals surface area contributed by atoms with E-state index in [-0.39, 0.29) is 23.6 Å². The molecule has 0 atom stereocenters. The molecule has 0 aliphatic rings. The van der Waals surface area contributed by atoms with Crippen molar-refractivity contribution in [1.29, 1.82) is 0 Å². The number of rotatable bonds is 9. The van der Waals surface area contributed by atoms with Crippen LogP contribution in [0.4, 0.5) is 5.69 Å². The first kappa shape index (κ1) is 25.8. The molecule has 9 nitrogen and oxygen atoms in total. The molecule has 190 valence electrons. The highest BCUT2D eigenvalue weighted by Crippen LogP contribution is 2.23. The van der Waals surface area contributed by atoms with Crippen LogP contribution in [0.15, 0.2) is 88.6 Å². The molecule has 10 heteroatoms. The monoisotopic (exact) mass is 518 g/mol. The van der Waals surface area contributed by atoms with Crippen molar-refractivity contribution in [2.45, 2.75) is 25.3 Å². The van der Waals surface area contributed by atoms with Crippen molar-refractivity contribution < 1.29 is 17.9 Å². The lowest BCUT2D eigenvalue weighted by Crippen LogP contribution is -2.23. The van der Waals surface area contributed by atoms with Gasteiger partial charge in [0.1, 0.15) is 11.6 Å². The molecular formula is C27H26N4O5S. The van der Waals surface area contributed by atoms with Crippen LogP contribution in [0.2, 0.25) is 0 Å². The maximum absolute atomic E-state index is 12.7. The number of carbonyl (C=O) groups excluding carboxylic acids is 1. The molecule has 0 aliphatic carbocycles. The molecule has 0 unspecified atom stereocenters. The van der Waals surface area contributed by atoms with Gasteiger partial charge in [0.15, 0.2) is 6.61 Å². The second-order valence-electron chi connectivity index (χ2n) is 8.39. The van der Waals surface area contributed by atoms with E-state index in [4.69, 9.17) is 4.74 Å². The summed E-state index contributed by atoms with van der Waals surface area (Å²) in [5.74, 6) is 0.400. The molecule has 0 fully saturated rings. The van der Waals surface area contributed by atoms with Crippen molar-refractivity contribution in [2.24, 2.45) is 0 Å².